The van der Waals surface area contributed by atoms with Crippen LogP contribution in [0.1, 0.15) is 25.8 Å². The summed E-state index contributed by atoms with van der Waals surface area (Å²) in [5.41, 5.74) is 0.929. The zero-order valence-electron chi connectivity index (χ0n) is 11.3. The molecule has 1 N–H and O–H groups in total. The number of nitrogens with zero attached hydrogens (tertiary/aromatic N) is 3. The number of anilines is 1. The van der Waals surface area contributed by atoms with Crippen molar-refractivity contribution in [3.63, 3.8) is 0 Å². The lowest BCUT2D eigenvalue weighted by molar-refractivity contribution is 0.266. The minimum absolute atomic E-state index is 0.530. The molecule has 0 amide bonds. The van der Waals surface area contributed by atoms with Crippen molar-refractivity contribution in [1.29, 1.82) is 0 Å². The fourth-order valence-electron chi connectivity index (χ4n) is 2.35. The Kier molecular flexibility index (Phi) is 4.40. The molecule has 0 aromatic carbocycles. The van der Waals surface area contributed by atoms with E-state index in [2.05, 4.69) is 34.0 Å². The first kappa shape index (κ1) is 13.6. The van der Waals surface area contributed by atoms with Crippen molar-refractivity contribution >= 4 is 17.4 Å². The van der Waals surface area contributed by atoms with Crippen LogP contribution in [0.2, 0.25) is 5.15 Å². The Morgan fingerprint density at radius 1 is 1.50 bits per heavy atom. The summed E-state index contributed by atoms with van der Waals surface area (Å²) in [7, 11) is 0. The molecule has 0 spiro atoms. The molecule has 1 unspecified atom stereocenters. The lowest BCUT2D eigenvalue weighted by atomic mass is 10.1. The highest BCUT2D eigenvalue weighted by atomic mass is 35.5. The van der Waals surface area contributed by atoms with Crippen molar-refractivity contribution in [3.8, 4) is 0 Å². The molecule has 100 valence electrons. The van der Waals surface area contributed by atoms with Gasteiger partial charge in [0.25, 0.3) is 0 Å². The lowest BCUT2D eigenvalue weighted by Crippen LogP contribution is -2.29. The maximum Gasteiger partial charge on any atom is 0.137 e. The summed E-state index contributed by atoms with van der Waals surface area (Å²) in [4.78, 5) is 10.7. The third kappa shape index (κ3) is 3.12. The van der Waals surface area contributed by atoms with Crippen molar-refractivity contribution in [2.24, 2.45) is 5.92 Å². The molecule has 2 heterocycles. The van der Waals surface area contributed by atoms with Gasteiger partial charge < -0.3 is 10.2 Å². The van der Waals surface area contributed by atoms with Gasteiger partial charge in [0, 0.05) is 24.7 Å². The van der Waals surface area contributed by atoms with E-state index in [1.807, 2.05) is 6.92 Å². The standard InChI is InChI=1S/C13H21ClN4/c1-9(2)18-5-4-11(7-18)6-15-13-10(3)12(14)16-8-17-13/h8-9,11H,4-7H2,1-3H3,(H,15,16,17). The molecule has 0 saturated carbocycles. The zero-order valence-corrected chi connectivity index (χ0v) is 12.0. The molecule has 1 atom stereocenters. The number of halogens is 1. The second-order valence-electron chi connectivity index (χ2n) is 5.26. The van der Waals surface area contributed by atoms with Crippen molar-refractivity contribution < 1.29 is 0 Å². The summed E-state index contributed by atoms with van der Waals surface area (Å²) >= 11 is 5.97. The number of hydrogen-bond donors (Lipinski definition) is 1. The fraction of sp³-hybridized carbons (Fsp3) is 0.692. The molecule has 1 aliphatic heterocycles. The monoisotopic (exact) mass is 268 g/mol. The highest BCUT2D eigenvalue weighted by Crippen LogP contribution is 2.21. The summed E-state index contributed by atoms with van der Waals surface area (Å²) in [6.45, 7) is 9.78. The van der Waals surface area contributed by atoms with Gasteiger partial charge in [0.2, 0.25) is 0 Å². The lowest BCUT2D eigenvalue weighted by Gasteiger charge is -2.20. The number of aromatic nitrogens is 2. The van der Waals surface area contributed by atoms with Crippen LogP contribution >= 0.6 is 11.6 Å². The highest BCUT2D eigenvalue weighted by molar-refractivity contribution is 6.30. The van der Waals surface area contributed by atoms with Crippen LogP contribution < -0.4 is 5.32 Å². The van der Waals surface area contributed by atoms with Crippen LogP contribution in [0.5, 0.6) is 0 Å². The second-order valence-corrected chi connectivity index (χ2v) is 5.62. The number of rotatable bonds is 4. The molecule has 1 aromatic heterocycles. The van der Waals surface area contributed by atoms with E-state index < -0.39 is 0 Å². The molecule has 5 heteroatoms. The Hall–Kier alpha value is -0.870. The van der Waals surface area contributed by atoms with Gasteiger partial charge in [-0.05, 0) is 39.7 Å². The average Bonchev–Trinajstić information content (AvgIpc) is 2.80. The van der Waals surface area contributed by atoms with E-state index in [0.29, 0.717) is 17.1 Å². The van der Waals surface area contributed by atoms with Gasteiger partial charge in [-0.15, -0.1) is 0 Å². The van der Waals surface area contributed by atoms with Crippen LogP contribution in [0.25, 0.3) is 0 Å². The van der Waals surface area contributed by atoms with Crippen molar-refractivity contribution in [1.82, 2.24) is 14.9 Å². The zero-order chi connectivity index (χ0) is 13.1. The normalized spacial score (nSPS) is 20.6. The second kappa shape index (κ2) is 5.85. The molecule has 1 fully saturated rings. The van der Waals surface area contributed by atoms with E-state index in [-0.39, 0.29) is 0 Å². The highest BCUT2D eigenvalue weighted by Gasteiger charge is 2.24. The Balaban J connectivity index is 1.87. The Morgan fingerprint density at radius 3 is 2.94 bits per heavy atom. The predicted octanol–water partition coefficient (Wildman–Crippen LogP) is 2.58. The first-order valence-corrected chi connectivity index (χ1v) is 6.90. The van der Waals surface area contributed by atoms with Gasteiger partial charge >= 0.3 is 0 Å². The molecule has 0 bridgehead atoms. The first-order chi connectivity index (χ1) is 8.58. The van der Waals surface area contributed by atoms with Crippen molar-refractivity contribution in [2.75, 3.05) is 25.0 Å². The van der Waals surface area contributed by atoms with Crippen LogP contribution in [-0.4, -0.2) is 40.5 Å². The fourth-order valence-corrected chi connectivity index (χ4v) is 2.48. The van der Waals surface area contributed by atoms with E-state index in [4.69, 9.17) is 11.6 Å². The van der Waals surface area contributed by atoms with Gasteiger partial charge in [-0.2, -0.15) is 0 Å². The Morgan fingerprint density at radius 2 is 2.28 bits per heavy atom. The third-order valence-electron chi connectivity index (χ3n) is 3.63. The van der Waals surface area contributed by atoms with Gasteiger partial charge in [-0.25, -0.2) is 9.97 Å². The topological polar surface area (TPSA) is 41.1 Å². The van der Waals surface area contributed by atoms with Gasteiger partial charge in [-0.1, -0.05) is 11.6 Å². The maximum absolute atomic E-state index is 5.97. The predicted molar refractivity (Wildman–Crippen MR) is 75.1 cm³/mol. The van der Waals surface area contributed by atoms with E-state index in [1.54, 1.807) is 0 Å². The van der Waals surface area contributed by atoms with Crippen LogP contribution in [0.3, 0.4) is 0 Å². The van der Waals surface area contributed by atoms with Gasteiger partial charge in [0.15, 0.2) is 0 Å². The number of nitrogens with one attached hydrogen (secondary N) is 1. The van der Waals surface area contributed by atoms with E-state index >= 15 is 0 Å². The summed E-state index contributed by atoms with van der Waals surface area (Å²) in [6, 6.07) is 0.644. The summed E-state index contributed by atoms with van der Waals surface area (Å²) in [6.07, 6.45) is 2.76. The molecule has 2 rings (SSSR count). The van der Waals surface area contributed by atoms with E-state index in [1.165, 1.54) is 25.8 Å². The largest absolute Gasteiger partial charge is 0.369 e. The van der Waals surface area contributed by atoms with Gasteiger partial charge in [0.1, 0.15) is 17.3 Å². The quantitative estimate of drug-likeness (QED) is 0.853. The van der Waals surface area contributed by atoms with Crippen molar-refractivity contribution in [3.05, 3.63) is 17.0 Å². The van der Waals surface area contributed by atoms with Crippen molar-refractivity contribution in [2.45, 2.75) is 33.2 Å². The number of likely N-dealkylation sites (tertiary alicyclic amines) is 1. The van der Waals surface area contributed by atoms with Crippen LogP contribution in [0.4, 0.5) is 5.82 Å². The van der Waals surface area contributed by atoms with E-state index in [0.717, 1.165) is 17.9 Å². The molecule has 1 aromatic rings. The van der Waals surface area contributed by atoms with Crippen LogP contribution in [0, 0.1) is 12.8 Å². The van der Waals surface area contributed by atoms with E-state index in [9.17, 15) is 0 Å². The molecule has 1 aliphatic rings. The maximum atomic E-state index is 5.97. The van der Waals surface area contributed by atoms with Gasteiger partial charge in [0.05, 0.1) is 0 Å². The number of hydrogen-bond acceptors (Lipinski definition) is 4. The summed E-state index contributed by atoms with van der Waals surface area (Å²) in [5.74, 6) is 1.55. The molecule has 18 heavy (non-hydrogen) atoms. The smallest absolute Gasteiger partial charge is 0.137 e. The Labute approximate surface area is 114 Å². The summed E-state index contributed by atoms with van der Waals surface area (Å²) < 4.78 is 0. The molecule has 4 nitrogen and oxygen atoms in total. The Bertz CT molecular complexity index is 408. The molecular formula is C13H21ClN4. The third-order valence-corrected chi connectivity index (χ3v) is 4.01. The molecule has 0 aliphatic carbocycles. The molecular weight excluding hydrogens is 248 g/mol. The minimum Gasteiger partial charge on any atom is -0.369 e. The average molecular weight is 269 g/mol. The first-order valence-electron chi connectivity index (χ1n) is 6.53. The SMILES string of the molecule is Cc1c(Cl)ncnc1NCC1CCN(C(C)C)C1. The van der Waals surface area contributed by atoms with Crippen LogP contribution in [-0.2, 0) is 0 Å². The minimum atomic E-state index is 0.530. The summed E-state index contributed by atoms with van der Waals surface area (Å²) in [5, 5.41) is 3.92. The van der Waals surface area contributed by atoms with Crippen LogP contribution in [0.15, 0.2) is 6.33 Å². The molecule has 1 saturated heterocycles. The van der Waals surface area contributed by atoms with Gasteiger partial charge in [-0.3, -0.25) is 0 Å². The molecule has 0 radical (unpaired) electrons.